The van der Waals surface area contributed by atoms with E-state index in [0.717, 1.165) is 36.3 Å². The minimum atomic E-state index is -0.755. The van der Waals surface area contributed by atoms with Crippen LogP contribution in [0.15, 0.2) is 17.0 Å². The van der Waals surface area contributed by atoms with E-state index in [1.54, 1.807) is 17.8 Å². The average Bonchev–Trinajstić information content (AvgIpc) is 3.12. The van der Waals surface area contributed by atoms with Crippen molar-refractivity contribution >= 4 is 35.4 Å². The Hall–Kier alpha value is -2.42. The summed E-state index contributed by atoms with van der Waals surface area (Å²) in [5.74, 6) is -0.888. The third-order valence-corrected chi connectivity index (χ3v) is 7.74. The van der Waals surface area contributed by atoms with Crippen LogP contribution in [0, 0.1) is 5.82 Å². The Morgan fingerprint density at radius 1 is 1.11 bits per heavy atom. The smallest absolute Gasteiger partial charge is 0.258 e. The number of imide groups is 1. The number of unbranched alkanes of at least 4 members (excludes halogenated alkanes) is 3. The van der Waals surface area contributed by atoms with E-state index in [1.807, 2.05) is 32.6 Å². The van der Waals surface area contributed by atoms with Crippen LogP contribution in [-0.2, 0) is 20.9 Å². The number of halogens is 1. The van der Waals surface area contributed by atoms with E-state index in [1.165, 1.54) is 11.0 Å². The Morgan fingerprint density at radius 2 is 1.80 bits per heavy atom. The lowest BCUT2D eigenvalue weighted by Gasteiger charge is -2.30. The van der Waals surface area contributed by atoms with E-state index in [2.05, 4.69) is 5.32 Å². The van der Waals surface area contributed by atoms with E-state index < -0.39 is 23.7 Å². The number of carbonyl (C=O) groups is 4. The fourth-order valence-electron chi connectivity index (χ4n) is 4.96. The van der Waals surface area contributed by atoms with Gasteiger partial charge in [0.1, 0.15) is 11.9 Å². The molecule has 3 rings (SSSR count). The van der Waals surface area contributed by atoms with Gasteiger partial charge in [-0.15, -0.1) is 11.8 Å². The molecule has 192 valence electrons. The zero-order valence-corrected chi connectivity index (χ0v) is 21.9. The van der Waals surface area contributed by atoms with Crippen LogP contribution < -0.4 is 5.32 Å². The lowest BCUT2D eigenvalue weighted by atomic mass is 10.0. The van der Waals surface area contributed by atoms with Gasteiger partial charge in [-0.1, -0.05) is 12.8 Å². The van der Waals surface area contributed by atoms with Gasteiger partial charge in [0.2, 0.25) is 17.7 Å². The molecule has 1 fully saturated rings. The number of benzene rings is 1. The zero-order chi connectivity index (χ0) is 25.7. The number of thioether (sulfide) groups is 1. The number of nitrogens with one attached hydrogen (secondary N) is 1. The summed E-state index contributed by atoms with van der Waals surface area (Å²) in [7, 11) is 0. The van der Waals surface area contributed by atoms with Crippen LogP contribution in [0.2, 0.25) is 0 Å². The summed E-state index contributed by atoms with van der Waals surface area (Å²) < 4.78 is 14.5. The molecular formula is C26H36FN3O4S. The van der Waals surface area contributed by atoms with E-state index in [4.69, 9.17) is 0 Å². The molecule has 0 bridgehead atoms. The molecule has 1 N–H and O–H groups in total. The van der Waals surface area contributed by atoms with Crippen LogP contribution >= 0.6 is 11.8 Å². The molecule has 1 aromatic carbocycles. The van der Waals surface area contributed by atoms with E-state index >= 15 is 0 Å². The molecule has 0 saturated carbocycles. The second-order valence-corrected chi connectivity index (χ2v) is 10.9. The Labute approximate surface area is 211 Å². The van der Waals surface area contributed by atoms with Crippen molar-refractivity contribution in [3.05, 3.63) is 29.1 Å². The van der Waals surface area contributed by atoms with Crippen LogP contribution in [0.3, 0.4) is 0 Å². The zero-order valence-electron chi connectivity index (χ0n) is 21.1. The average molecular weight is 506 g/mol. The molecule has 1 unspecified atom stereocenters. The number of amides is 4. The number of piperidine rings is 1. The van der Waals surface area contributed by atoms with Crippen molar-refractivity contribution in [2.24, 2.45) is 0 Å². The van der Waals surface area contributed by atoms with Gasteiger partial charge in [-0.2, -0.15) is 0 Å². The van der Waals surface area contributed by atoms with Gasteiger partial charge in [0, 0.05) is 41.9 Å². The third-order valence-electron chi connectivity index (χ3n) is 6.55. The fourth-order valence-corrected chi connectivity index (χ4v) is 6.03. The van der Waals surface area contributed by atoms with Crippen molar-refractivity contribution in [1.82, 2.24) is 15.1 Å². The molecule has 0 aliphatic carbocycles. The maximum Gasteiger partial charge on any atom is 0.258 e. The van der Waals surface area contributed by atoms with Crippen molar-refractivity contribution in [1.29, 1.82) is 0 Å². The van der Waals surface area contributed by atoms with Crippen molar-refractivity contribution in [2.45, 2.75) is 102 Å². The molecule has 1 aromatic rings. The van der Waals surface area contributed by atoms with Gasteiger partial charge in [0.05, 0.1) is 5.56 Å². The van der Waals surface area contributed by atoms with Crippen LogP contribution in [0.4, 0.5) is 4.39 Å². The molecule has 0 spiro atoms. The van der Waals surface area contributed by atoms with Crippen molar-refractivity contribution in [3.63, 3.8) is 0 Å². The highest BCUT2D eigenvalue weighted by atomic mass is 32.2. The highest BCUT2D eigenvalue weighted by Crippen LogP contribution is 2.36. The Morgan fingerprint density at radius 3 is 2.46 bits per heavy atom. The molecule has 1 saturated heterocycles. The molecule has 1 atom stereocenters. The summed E-state index contributed by atoms with van der Waals surface area (Å²) in [6.45, 7) is 8.33. The predicted molar refractivity (Wildman–Crippen MR) is 133 cm³/mol. The first-order chi connectivity index (χ1) is 16.6. The predicted octanol–water partition coefficient (Wildman–Crippen LogP) is 4.27. The van der Waals surface area contributed by atoms with Crippen LogP contribution in [0.5, 0.6) is 0 Å². The molecule has 2 aliphatic rings. The number of fused-ring (bicyclic) bond motifs is 1. The number of hydrogen-bond donors (Lipinski definition) is 1. The first-order valence-electron chi connectivity index (χ1n) is 12.5. The summed E-state index contributed by atoms with van der Waals surface area (Å²) in [5.41, 5.74) is 0.663. The summed E-state index contributed by atoms with van der Waals surface area (Å²) in [4.78, 5) is 53.2. The van der Waals surface area contributed by atoms with Gasteiger partial charge < -0.3 is 9.80 Å². The topological polar surface area (TPSA) is 86.8 Å². The molecule has 35 heavy (non-hydrogen) atoms. The summed E-state index contributed by atoms with van der Waals surface area (Å²) in [6, 6.07) is 2.66. The Bertz CT molecular complexity index is 974. The maximum absolute atomic E-state index is 14.5. The van der Waals surface area contributed by atoms with Crippen molar-refractivity contribution in [2.75, 3.05) is 5.75 Å². The Balaban J connectivity index is 1.48. The van der Waals surface area contributed by atoms with E-state index in [-0.39, 0.29) is 48.8 Å². The number of rotatable bonds is 11. The highest BCUT2D eigenvalue weighted by Gasteiger charge is 2.41. The van der Waals surface area contributed by atoms with Gasteiger partial charge in [-0.3, -0.25) is 24.5 Å². The normalized spacial score (nSPS) is 17.9. The molecule has 9 heteroatoms. The van der Waals surface area contributed by atoms with Gasteiger partial charge in [0.25, 0.3) is 5.91 Å². The molecule has 0 aromatic heterocycles. The molecular weight excluding hydrogens is 469 g/mol. The summed E-state index contributed by atoms with van der Waals surface area (Å²) in [6.07, 6.45) is 4.76. The van der Waals surface area contributed by atoms with Crippen LogP contribution in [0.1, 0.15) is 88.6 Å². The maximum atomic E-state index is 14.5. The summed E-state index contributed by atoms with van der Waals surface area (Å²) in [5, 5.41) is 2.27. The monoisotopic (exact) mass is 505 g/mol. The van der Waals surface area contributed by atoms with Crippen molar-refractivity contribution < 1.29 is 23.6 Å². The minimum absolute atomic E-state index is 0.0399. The highest BCUT2D eigenvalue weighted by molar-refractivity contribution is 7.99. The van der Waals surface area contributed by atoms with Gasteiger partial charge >= 0.3 is 0 Å². The van der Waals surface area contributed by atoms with Crippen molar-refractivity contribution in [3.8, 4) is 0 Å². The quantitative estimate of drug-likeness (QED) is 0.276. The first-order valence-corrected chi connectivity index (χ1v) is 13.5. The summed E-state index contributed by atoms with van der Waals surface area (Å²) >= 11 is 1.59. The Kier molecular flexibility index (Phi) is 9.33. The van der Waals surface area contributed by atoms with Gasteiger partial charge in [0.15, 0.2) is 0 Å². The molecule has 7 nitrogen and oxygen atoms in total. The first kappa shape index (κ1) is 27.2. The van der Waals surface area contributed by atoms with Crippen LogP contribution in [0.25, 0.3) is 0 Å². The standard InChI is InChI=1S/C26H36FN3O4S/c1-16(2)30(17(3)4)23(32)9-7-5-6-8-14-35-21-12-10-19(27)24-18(21)15-29(26(24)34)20-11-13-22(31)28-25(20)33/h10,12,16-17,20H,5-9,11,13-15H2,1-4H3,(H,28,31,33). The molecule has 0 radical (unpaired) electrons. The minimum Gasteiger partial charge on any atom is -0.338 e. The lowest BCUT2D eigenvalue weighted by Crippen LogP contribution is -2.52. The van der Waals surface area contributed by atoms with E-state index in [0.29, 0.717) is 12.0 Å². The fraction of sp³-hybridized carbons (Fsp3) is 0.615. The SMILES string of the molecule is CC(C)N(C(=O)CCCCCCSc1ccc(F)c2c1CN(C1CCC(=O)NC1=O)C2=O)C(C)C. The van der Waals surface area contributed by atoms with Gasteiger partial charge in [-0.05, 0) is 64.8 Å². The largest absolute Gasteiger partial charge is 0.338 e. The number of nitrogens with zero attached hydrogens (tertiary/aromatic N) is 2. The lowest BCUT2D eigenvalue weighted by molar-refractivity contribution is -0.137. The third kappa shape index (κ3) is 6.42. The molecule has 2 heterocycles. The van der Waals surface area contributed by atoms with Crippen LogP contribution in [-0.4, -0.2) is 57.3 Å². The number of hydrogen-bond acceptors (Lipinski definition) is 5. The second-order valence-electron chi connectivity index (χ2n) is 9.80. The molecule has 4 amide bonds. The molecule has 2 aliphatic heterocycles. The van der Waals surface area contributed by atoms with E-state index in [9.17, 15) is 23.6 Å². The van der Waals surface area contributed by atoms with Gasteiger partial charge in [-0.25, -0.2) is 4.39 Å². The second kappa shape index (κ2) is 12.0. The number of carbonyl (C=O) groups excluding carboxylic acids is 4.